The van der Waals surface area contributed by atoms with Crippen molar-refractivity contribution in [3.63, 3.8) is 0 Å². The van der Waals surface area contributed by atoms with E-state index in [0.717, 1.165) is 27.2 Å². The lowest BCUT2D eigenvalue weighted by Gasteiger charge is -2.09. The number of fused-ring (bicyclic) bond motifs is 1. The van der Waals surface area contributed by atoms with Crippen LogP contribution in [-0.2, 0) is 0 Å². The second-order valence-corrected chi connectivity index (χ2v) is 6.14. The van der Waals surface area contributed by atoms with Crippen LogP contribution in [-0.4, -0.2) is 17.1 Å². The van der Waals surface area contributed by atoms with Crippen molar-refractivity contribution in [2.24, 2.45) is 0 Å². The van der Waals surface area contributed by atoms with Crippen molar-refractivity contribution >= 4 is 34.3 Å². The fourth-order valence-corrected chi connectivity index (χ4v) is 3.10. The van der Waals surface area contributed by atoms with Crippen molar-refractivity contribution in [1.29, 1.82) is 0 Å². The van der Waals surface area contributed by atoms with Gasteiger partial charge >= 0.3 is 0 Å². The summed E-state index contributed by atoms with van der Waals surface area (Å²) >= 11 is 1.62. The highest BCUT2D eigenvalue weighted by Crippen LogP contribution is 2.26. The fourth-order valence-electron chi connectivity index (χ4n) is 2.54. The molecule has 0 aliphatic rings. The zero-order valence-electron chi connectivity index (χ0n) is 12.9. The number of aromatic nitrogens is 1. The summed E-state index contributed by atoms with van der Waals surface area (Å²) in [4.78, 5) is 16.9. The molecule has 4 heteroatoms. The maximum Gasteiger partial charge on any atom is 0.255 e. The predicted molar refractivity (Wildman–Crippen MR) is 93.9 cm³/mol. The zero-order valence-corrected chi connectivity index (χ0v) is 13.7. The van der Waals surface area contributed by atoms with Gasteiger partial charge in [-0.2, -0.15) is 0 Å². The molecule has 0 unspecified atom stereocenters. The first-order valence-electron chi connectivity index (χ1n) is 7.13. The molecule has 0 saturated carbocycles. The fraction of sp³-hybridized carbons (Fsp3) is 0.167. The summed E-state index contributed by atoms with van der Waals surface area (Å²) in [6.07, 6.45) is 2.00. The van der Waals surface area contributed by atoms with E-state index >= 15 is 0 Å². The van der Waals surface area contributed by atoms with Crippen LogP contribution in [0.4, 0.5) is 5.69 Å². The Balaban J connectivity index is 1.93. The summed E-state index contributed by atoms with van der Waals surface area (Å²) in [6, 6.07) is 13.6. The van der Waals surface area contributed by atoms with Gasteiger partial charge in [-0.05, 0) is 56.0 Å². The Morgan fingerprint density at radius 2 is 1.91 bits per heavy atom. The molecule has 0 aliphatic carbocycles. The van der Waals surface area contributed by atoms with E-state index in [2.05, 4.69) is 17.2 Å². The number of anilines is 1. The van der Waals surface area contributed by atoms with Gasteiger partial charge in [0.15, 0.2) is 0 Å². The third-order valence-electron chi connectivity index (χ3n) is 3.93. The quantitative estimate of drug-likeness (QED) is 0.685. The minimum absolute atomic E-state index is 0.0818. The van der Waals surface area contributed by atoms with E-state index in [1.54, 1.807) is 11.8 Å². The Labute approximate surface area is 134 Å². The molecule has 0 fully saturated rings. The third-order valence-corrected chi connectivity index (χ3v) is 4.72. The van der Waals surface area contributed by atoms with Crippen LogP contribution in [0.5, 0.6) is 0 Å². The molecule has 1 aromatic heterocycles. The number of hydrogen-bond acceptors (Lipinski definition) is 2. The Morgan fingerprint density at radius 1 is 1.14 bits per heavy atom. The summed E-state index contributed by atoms with van der Waals surface area (Å²) in [5.74, 6) is -0.0818. The zero-order chi connectivity index (χ0) is 15.7. The normalized spacial score (nSPS) is 10.9. The second-order valence-electron chi connectivity index (χ2n) is 5.29. The first-order chi connectivity index (χ1) is 10.6. The van der Waals surface area contributed by atoms with E-state index in [-0.39, 0.29) is 5.91 Å². The van der Waals surface area contributed by atoms with Gasteiger partial charge in [0, 0.05) is 27.1 Å². The number of hydrogen-bond donors (Lipinski definition) is 2. The average Bonchev–Trinajstić information content (AvgIpc) is 2.82. The molecule has 112 valence electrons. The highest BCUT2D eigenvalue weighted by Gasteiger charge is 2.11. The first kappa shape index (κ1) is 14.7. The van der Waals surface area contributed by atoms with E-state index in [0.29, 0.717) is 5.56 Å². The average molecular weight is 310 g/mol. The van der Waals surface area contributed by atoms with Gasteiger partial charge in [0.2, 0.25) is 0 Å². The van der Waals surface area contributed by atoms with Gasteiger partial charge < -0.3 is 10.3 Å². The van der Waals surface area contributed by atoms with E-state index < -0.39 is 0 Å². The summed E-state index contributed by atoms with van der Waals surface area (Å²) in [5.41, 5.74) is 4.91. The van der Waals surface area contributed by atoms with Gasteiger partial charge in [0.05, 0.1) is 5.69 Å². The van der Waals surface area contributed by atoms with Crippen molar-refractivity contribution < 1.29 is 4.79 Å². The third kappa shape index (κ3) is 2.62. The number of rotatable bonds is 3. The highest BCUT2D eigenvalue weighted by molar-refractivity contribution is 7.98. The van der Waals surface area contributed by atoms with Crippen LogP contribution >= 0.6 is 11.8 Å². The van der Waals surface area contributed by atoms with Crippen LogP contribution in [0.1, 0.15) is 21.6 Å². The Hall–Kier alpha value is -2.20. The van der Waals surface area contributed by atoms with Crippen LogP contribution in [0.25, 0.3) is 10.9 Å². The monoisotopic (exact) mass is 310 g/mol. The number of carbonyl (C=O) groups is 1. The van der Waals surface area contributed by atoms with E-state index in [1.165, 1.54) is 5.56 Å². The number of amides is 1. The van der Waals surface area contributed by atoms with Gasteiger partial charge in [0.25, 0.3) is 5.91 Å². The van der Waals surface area contributed by atoms with E-state index in [4.69, 9.17) is 0 Å². The number of nitrogens with one attached hydrogen (secondary N) is 2. The Morgan fingerprint density at radius 3 is 2.68 bits per heavy atom. The van der Waals surface area contributed by atoms with Crippen LogP contribution in [0.3, 0.4) is 0 Å². The molecule has 2 N–H and O–H groups in total. The van der Waals surface area contributed by atoms with E-state index in [9.17, 15) is 4.79 Å². The first-order valence-corrected chi connectivity index (χ1v) is 8.36. The number of para-hydroxylation sites is 1. The van der Waals surface area contributed by atoms with Crippen molar-refractivity contribution in [2.75, 3.05) is 11.6 Å². The molecule has 2 aromatic carbocycles. The van der Waals surface area contributed by atoms with Crippen molar-refractivity contribution in [1.82, 2.24) is 4.98 Å². The molecular weight excluding hydrogens is 292 g/mol. The molecule has 3 aromatic rings. The highest BCUT2D eigenvalue weighted by atomic mass is 32.2. The lowest BCUT2D eigenvalue weighted by Crippen LogP contribution is -2.12. The van der Waals surface area contributed by atoms with Gasteiger partial charge in [-0.25, -0.2) is 0 Å². The molecule has 22 heavy (non-hydrogen) atoms. The molecule has 3 nitrogen and oxygen atoms in total. The van der Waals surface area contributed by atoms with Crippen LogP contribution in [0.15, 0.2) is 47.4 Å². The number of thioether (sulfide) groups is 1. The minimum Gasteiger partial charge on any atom is -0.358 e. The molecule has 0 atom stereocenters. The summed E-state index contributed by atoms with van der Waals surface area (Å²) in [7, 11) is 0. The summed E-state index contributed by atoms with van der Waals surface area (Å²) < 4.78 is 0. The van der Waals surface area contributed by atoms with Crippen LogP contribution in [0, 0.1) is 13.8 Å². The number of H-pyrrole nitrogens is 1. The lowest BCUT2D eigenvalue weighted by molar-refractivity contribution is 0.102. The van der Waals surface area contributed by atoms with Gasteiger partial charge in [-0.1, -0.05) is 12.1 Å². The van der Waals surface area contributed by atoms with Crippen LogP contribution < -0.4 is 5.32 Å². The SMILES string of the molecule is CSc1ccccc1NC(=O)c1ccc2[nH]c(C)c(C)c2c1. The number of benzene rings is 2. The standard InChI is InChI=1S/C18H18N2OS/c1-11-12(2)19-15-9-8-13(10-14(11)15)18(21)20-16-6-4-5-7-17(16)22-3/h4-10,19H,1-3H3,(H,20,21). The minimum atomic E-state index is -0.0818. The molecule has 1 amide bonds. The lowest BCUT2D eigenvalue weighted by atomic mass is 10.1. The Kier molecular flexibility index (Phi) is 3.94. The van der Waals surface area contributed by atoms with Crippen molar-refractivity contribution in [3.8, 4) is 0 Å². The predicted octanol–water partition coefficient (Wildman–Crippen LogP) is 4.76. The summed E-state index contributed by atoms with van der Waals surface area (Å²) in [6.45, 7) is 4.11. The summed E-state index contributed by atoms with van der Waals surface area (Å²) in [5, 5.41) is 4.10. The maximum atomic E-state index is 12.5. The van der Waals surface area contributed by atoms with Gasteiger partial charge in [-0.15, -0.1) is 11.8 Å². The molecular formula is C18H18N2OS. The van der Waals surface area contributed by atoms with Crippen molar-refractivity contribution in [3.05, 3.63) is 59.3 Å². The second kappa shape index (κ2) is 5.89. The van der Waals surface area contributed by atoms with Gasteiger partial charge in [0.1, 0.15) is 0 Å². The molecule has 3 rings (SSSR count). The molecule has 0 saturated heterocycles. The molecule has 0 spiro atoms. The number of aryl methyl sites for hydroxylation is 2. The molecule has 0 radical (unpaired) electrons. The smallest absolute Gasteiger partial charge is 0.255 e. The Bertz CT molecular complexity index is 851. The van der Waals surface area contributed by atoms with E-state index in [1.807, 2.05) is 55.6 Å². The molecule has 0 bridgehead atoms. The number of aromatic amines is 1. The van der Waals surface area contributed by atoms with Crippen molar-refractivity contribution in [2.45, 2.75) is 18.7 Å². The topological polar surface area (TPSA) is 44.9 Å². The molecule has 1 heterocycles. The van der Waals surface area contributed by atoms with Gasteiger partial charge in [-0.3, -0.25) is 4.79 Å². The number of carbonyl (C=O) groups excluding carboxylic acids is 1. The largest absolute Gasteiger partial charge is 0.358 e. The molecule has 0 aliphatic heterocycles. The maximum absolute atomic E-state index is 12.5. The van der Waals surface area contributed by atoms with Crippen LogP contribution in [0.2, 0.25) is 0 Å².